The lowest BCUT2D eigenvalue weighted by Crippen LogP contribution is -2.50. The van der Waals surface area contributed by atoms with Gasteiger partial charge in [-0.3, -0.25) is 19.5 Å². The molecule has 0 spiro atoms. The Morgan fingerprint density at radius 1 is 1.35 bits per heavy atom. The predicted molar refractivity (Wildman–Crippen MR) is 101 cm³/mol. The second kappa shape index (κ2) is 8.16. The summed E-state index contributed by atoms with van der Waals surface area (Å²) in [6, 6.07) is 3.45. The van der Waals surface area contributed by atoms with Crippen LogP contribution < -0.4 is 5.32 Å². The predicted octanol–water partition coefficient (Wildman–Crippen LogP) is 2.72. The van der Waals surface area contributed by atoms with Crippen LogP contribution in [0, 0.1) is 17.8 Å². The number of carboxylic acids is 1. The van der Waals surface area contributed by atoms with Crippen molar-refractivity contribution in [2.45, 2.75) is 52.1 Å². The minimum absolute atomic E-state index is 0.0775. The minimum Gasteiger partial charge on any atom is -0.480 e. The largest absolute Gasteiger partial charge is 0.480 e. The lowest BCUT2D eigenvalue weighted by atomic mass is 9.83. The molecule has 0 bridgehead atoms. The van der Waals surface area contributed by atoms with Crippen LogP contribution in [0.15, 0.2) is 24.5 Å². The van der Waals surface area contributed by atoms with Crippen molar-refractivity contribution >= 4 is 11.9 Å². The van der Waals surface area contributed by atoms with E-state index in [-0.39, 0.29) is 17.9 Å². The highest BCUT2D eigenvalue weighted by Crippen LogP contribution is 2.48. The van der Waals surface area contributed by atoms with Crippen molar-refractivity contribution < 1.29 is 14.7 Å². The molecule has 2 rings (SSSR count). The van der Waals surface area contributed by atoms with Gasteiger partial charge in [-0.25, -0.2) is 0 Å². The third kappa shape index (κ3) is 4.06. The smallest absolute Gasteiger partial charge is 0.324 e. The molecule has 0 unspecified atom stereocenters. The van der Waals surface area contributed by atoms with Crippen LogP contribution in [0.5, 0.6) is 0 Å². The molecular weight excluding hydrogens is 330 g/mol. The van der Waals surface area contributed by atoms with Gasteiger partial charge in [0, 0.05) is 25.0 Å². The van der Waals surface area contributed by atoms with Crippen LogP contribution in [0.3, 0.4) is 0 Å². The van der Waals surface area contributed by atoms with Crippen molar-refractivity contribution in [2.75, 3.05) is 13.6 Å². The number of carbonyl (C=O) groups is 2. The molecule has 3 atom stereocenters. The van der Waals surface area contributed by atoms with E-state index in [1.807, 2.05) is 51.8 Å². The first-order valence-corrected chi connectivity index (χ1v) is 9.33. The van der Waals surface area contributed by atoms with Gasteiger partial charge in [0.25, 0.3) is 0 Å². The molecule has 1 amide bonds. The van der Waals surface area contributed by atoms with Crippen LogP contribution >= 0.6 is 0 Å². The maximum Gasteiger partial charge on any atom is 0.324 e. The van der Waals surface area contributed by atoms with Gasteiger partial charge in [-0.1, -0.05) is 33.8 Å². The number of carbonyl (C=O) groups excluding carboxylic acids is 1. The molecule has 0 aliphatic carbocycles. The molecule has 144 valence electrons. The number of likely N-dealkylation sites (N-methyl/N-ethyl adjacent to an activating group) is 1. The van der Waals surface area contributed by atoms with Gasteiger partial charge >= 0.3 is 5.97 Å². The molecule has 1 aromatic rings. The van der Waals surface area contributed by atoms with Crippen molar-refractivity contribution in [1.29, 1.82) is 0 Å². The van der Waals surface area contributed by atoms with Gasteiger partial charge in [0.2, 0.25) is 5.91 Å². The number of hydrogen-bond donors (Lipinski definition) is 2. The Labute approximate surface area is 156 Å². The first-order valence-electron chi connectivity index (χ1n) is 9.33. The molecule has 0 radical (unpaired) electrons. The standard InChI is InChI=1S/C20H31N3O3/c1-13(2)9-20(19(25)26)10-16(18(24)22-11-14(3)4)17(23(20)5)15-7-6-8-21-12-15/h6-8,12-14,16-17H,9-11H2,1-5H3,(H,22,24)(H,25,26)/t16-,17-,20-/m0/s1. The summed E-state index contributed by atoms with van der Waals surface area (Å²) in [5, 5.41) is 13.1. The fourth-order valence-corrected chi connectivity index (χ4v) is 4.06. The highest BCUT2D eigenvalue weighted by atomic mass is 16.4. The zero-order valence-corrected chi connectivity index (χ0v) is 16.4. The zero-order valence-electron chi connectivity index (χ0n) is 16.4. The number of aliphatic carboxylic acids is 1. The van der Waals surface area contributed by atoms with Crippen molar-refractivity contribution in [3.63, 3.8) is 0 Å². The molecule has 1 saturated heterocycles. The average molecular weight is 361 g/mol. The van der Waals surface area contributed by atoms with Gasteiger partial charge in [0.05, 0.1) is 5.92 Å². The van der Waals surface area contributed by atoms with Crippen LogP contribution in [-0.2, 0) is 9.59 Å². The van der Waals surface area contributed by atoms with E-state index < -0.39 is 17.4 Å². The maximum atomic E-state index is 12.9. The molecule has 6 nitrogen and oxygen atoms in total. The lowest BCUT2D eigenvalue weighted by Gasteiger charge is -2.36. The monoisotopic (exact) mass is 361 g/mol. The van der Waals surface area contributed by atoms with E-state index in [0.717, 1.165) is 5.56 Å². The quantitative estimate of drug-likeness (QED) is 0.780. The summed E-state index contributed by atoms with van der Waals surface area (Å²) in [5.41, 5.74) is -0.166. The number of nitrogens with one attached hydrogen (secondary N) is 1. The summed E-state index contributed by atoms with van der Waals surface area (Å²) >= 11 is 0. The summed E-state index contributed by atoms with van der Waals surface area (Å²) < 4.78 is 0. The molecule has 26 heavy (non-hydrogen) atoms. The fraction of sp³-hybridized carbons (Fsp3) is 0.650. The SMILES string of the molecule is CC(C)CNC(=O)[C@H]1C[C@@](CC(C)C)(C(=O)O)N(C)[C@H]1c1cccnc1. The van der Waals surface area contributed by atoms with E-state index in [0.29, 0.717) is 25.3 Å². The van der Waals surface area contributed by atoms with E-state index in [1.165, 1.54) is 0 Å². The second-order valence-corrected chi connectivity index (χ2v) is 8.23. The highest BCUT2D eigenvalue weighted by molar-refractivity contribution is 5.85. The molecule has 2 N–H and O–H groups in total. The molecule has 1 aliphatic rings. The number of nitrogens with zero attached hydrogens (tertiary/aromatic N) is 2. The van der Waals surface area contributed by atoms with Crippen molar-refractivity contribution in [3.8, 4) is 0 Å². The maximum absolute atomic E-state index is 12.9. The molecule has 1 aromatic heterocycles. The van der Waals surface area contributed by atoms with Crippen LogP contribution in [0.2, 0.25) is 0 Å². The van der Waals surface area contributed by atoms with Gasteiger partial charge in [0.1, 0.15) is 5.54 Å². The van der Waals surface area contributed by atoms with Crippen molar-refractivity contribution in [1.82, 2.24) is 15.2 Å². The van der Waals surface area contributed by atoms with Gasteiger partial charge in [-0.05, 0) is 43.4 Å². The first-order chi connectivity index (χ1) is 12.2. The van der Waals surface area contributed by atoms with Crippen LogP contribution in [-0.4, -0.2) is 46.0 Å². The summed E-state index contributed by atoms with van der Waals surface area (Å²) in [4.78, 5) is 31.3. The molecule has 0 saturated carbocycles. The van der Waals surface area contributed by atoms with Gasteiger partial charge in [-0.15, -0.1) is 0 Å². The van der Waals surface area contributed by atoms with Crippen LogP contribution in [0.1, 0.15) is 52.1 Å². The lowest BCUT2D eigenvalue weighted by molar-refractivity contribution is -0.151. The Hall–Kier alpha value is -1.95. The number of aromatic nitrogens is 1. The number of likely N-dealkylation sites (tertiary alicyclic amines) is 1. The molecule has 1 fully saturated rings. The Bertz CT molecular complexity index is 632. The molecule has 1 aliphatic heterocycles. The third-order valence-corrected chi connectivity index (χ3v) is 5.22. The zero-order chi connectivity index (χ0) is 19.5. The van der Waals surface area contributed by atoms with Crippen LogP contribution in [0.25, 0.3) is 0 Å². The molecule has 2 heterocycles. The Kier molecular flexibility index (Phi) is 6.39. The van der Waals surface area contributed by atoms with E-state index in [1.54, 1.807) is 12.4 Å². The van der Waals surface area contributed by atoms with Crippen molar-refractivity contribution in [3.05, 3.63) is 30.1 Å². The number of pyridine rings is 1. The highest BCUT2D eigenvalue weighted by Gasteiger charge is 2.57. The molecular formula is C20H31N3O3. The normalized spacial score (nSPS) is 26.4. The van der Waals surface area contributed by atoms with E-state index in [2.05, 4.69) is 10.3 Å². The Balaban J connectivity index is 2.42. The molecule has 6 heteroatoms. The Morgan fingerprint density at radius 2 is 2.04 bits per heavy atom. The summed E-state index contributed by atoms with van der Waals surface area (Å²) in [6.45, 7) is 8.70. The summed E-state index contributed by atoms with van der Waals surface area (Å²) in [5.74, 6) is -0.804. The number of amides is 1. The first kappa shape index (κ1) is 20.4. The van der Waals surface area contributed by atoms with E-state index in [9.17, 15) is 14.7 Å². The summed E-state index contributed by atoms with van der Waals surface area (Å²) in [6.07, 6.45) is 4.23. The third-order valence-electron chi connectivity index (χ3n) is 5.22. The fourth-order valence-electron chi connectivity index (χ4n) is 4.06. The van der Waals surface area contributed by atoms with E-state index in [4.69, 9.17) is 0 Å². The van der Waals surface area contributed by atoms with E-state index >= 15 is 0 Å². The molecule has 0 aromatic carbocycles. The van der Waals surface area contributed by atoms with Gasteiger partial charge < -0.3 is 10.4 Å². The van der Waals surface area contributed by atoms with Gasteiger partial charge in [-0.2, -0.15) is 0 Å². The van der Waals surface area contributed by atoms with Gasteiger partial charge in [0.15, 0.2) is 0 Å². The minimum atomic E-state index is -1.05. The second-order valence-electron chi connectivity index (χ2n) is 8.23. The average Bonchev–Trinajstić information content (AvgIpc) is 2.87. The summed E-state index contributed by atoms with van der Waals surface area (Å²) in [7, 11) is 1.82. The van der Waals surface area contributed by atoms with Crippen molar-refractivity contribution in [2.24, 2.45) is 17.8 Å². The number of hydrogen-bond acceptors (Lipinski definition) is 4. The number of rotatable bonds is 7. The number of carboxylic acid groups (broad SMARTS) is 1. The topological polar surface area (TPSA) is 82.5 Å². The van der Waals surface area contributed by atoms with Crippen LogP contribution in [0.4, 0.5) is 0 Å². The Morgan fingerprint density at radius 3 is 2.54 bits per heavy atom.